The molecule has 2 aliphatic heterocycles. The fraction of sp³-hybridized carbons (Fsp3) is 0.556. The van der Waals surface area contributed by atoms with Crippen molar-refractivity contribution in [2.75, 3.05) is 25.0 Å². The van der Waals surface area contributed by atoms with Gasteiger partial charge >= 0.3 is 0 Å². The summed E-state index contributed by atoms with van der Waals surface area (Å²) in [6.07, 6.45) is 4.48. The van der Waals surface area contributed by atoms with Gasteiger partial charge in [-0.15, -0.1) is 0 Å². The molecular weight excluding hydrogens is 309 g/mol. The molecule has 5 nitrogen and oxygen atoms in total. The number of anilines is 1. The second kappa shape index (κ2) is 7.75. The van der Waals surface area contributed by atoms with E-state index in [1.54, 1.807) is 12.1 Å². The van der Waals surface area contributed by atoms with E-state index in [1.807, 2.05) is 4.90 Å². The van der Waals surface area contributed by atoms with E-state index < -0.39 is 0 Å². The number of nitrogens with zero attached hydrogens (tertiary/aromatic N) is 1. The highest BCUT2D eigenvalue weighted by atomic mass is 19.1. The summed E-state index contributed by atoms with van der Waals surface area (Å²) in [6, 6.07) is 5.71. The fourth-order valence-electron chi connectivity index (χ4n) is 3.42. The van der Waals surface area contributed by atoms with Gasteiger partial charge in [-0.05, 0) is 56.5 Å². The van der Waals surface area contributed by atoms with Crippen molar-refractivity contribution >= 4 is 17.5 Å². The number of nitrogens with one attached hydrogen (secondary N) is 2. The maximum atomic E-state index is 12.9. The minimum atomic E-state index is -0.323. The molecule has 2 fully saturated rings. The minimum absolute atomic E-state index is 0.0514. The lowest BCUT2D eigenvalue weighted by Crippen LogP contribution is -2.51. The predicted molar refractivity (Wildman–Crippen MR) is 90.0 cm³/mol. The van der Waals surface area contributed by atoms with Crippen molar-refractivity contribution in [1.82, 2.24) is 10.2 Å². The Morgan fingerprint density at radius 1 is 1.08 bits per heavy atom. The van der Waals surface area contributed by atoms with Crippen molar-refractivity contribution in [2.45, 2.75) is 38.1 Å². The van der Waals surface area contributed by atoms with Crippen LogP contribution in [0.2, 0.25) is 0 Å². The molecule has 2 amide bonds. The average Bonchev–Trinajstić information content (AvgIpc) is 2.64. The van der Waals surface area contributed by atoms with Crippen LogP contribution >= 0.6 is 0 Å². The molecule has 3 rings (SSSR count). The van der Waals surface area contributed by atoms with Gasteiger partial charge in [0.15, 0.2) is 0 Å². The topological polar surface area (TPSA) is 61.4 Å². The van der Waals surface area contributed by atoms with Crippen LogP contribution in [0.15, 0.2) is 24.3 Å². The largest absolute Gasteiger partial charge is 0.341 e. The van der Waals surface area contributed by atoms with E-state index in [0.717, 1.165) is 25.8 Å². The number of hydrogen-bond acceptors (Lipinski definition) is 3. The molecular formula is C18H24FN3O2. The zero-order valence-corrected chi connectivity index (χ0v) is 13.8. The summed E-state index contributed by atoms with van der Waals surface area (Å²) in [7, 11) is 0. The van der Waals surface area contributed by atoms with Crippen molar-refractivity contribution in [1.29, 1.82) is 0 Å². The molecule has 0 spiro atoms. The van der Waals surface area contributed by atoms with Crippen LogP contribution in [-0.2, 0) is 9.59 Å². The monoisotopic (exact) mass is 333 g/mol. The Morgan fingerprint density at radius 2 is 1.79 bits per heavy atom. The number of rotatable bonds is 3. The second-order valence-corrected chi connectivity index (χ2v) is 6.60. The van der Waals surface area contributed by atoms with Crippen molar-refractivity contribution in [3.05, 3.63) is 30.1 Å². The van der Waals surface area contributed by atoms with E-state index in [0.29, 0.717) is 31.6 Å². The Bertz CT molecular complexity index is 576. The van der Waals surface area contributed by atoms with E-state index in [-0.39, 0.29) is 29.6 Å². The Labute approximate surface area is 141 Å². The van der Waals surface area contributed by atoms with Gasteiger partial charge in [0.1, 0.15) is 5.82 Å². The molecule has 2 N–H and O–H groups in total. The van der Waals surface area contributed by atoms with Crippen molar-refractivity contribution < 1.29 is 14.0 Å². The Balaban J connectivity index is 1.48. The summed E-state index contributed by atoms with van der Waals surface area (Å²) in [5.74, 6) is -0.300. The van der Waals surface area contributed by atoms with Gasteiger partial charge in [-0.3, -0.25) is 9.59 Å². The van der Waals surface area contributed by atoms with E-state index in [9.17, 15) is 14.0 Å². The first-order valence-electron chi connectivity index (χ1n) is 8.72. The van der Waals surface area contributed by atoms with E-state index in [4.69, 9.17) is 0 Å². The van der Waals surface area contributed by atoms with Crippen LogP contribution in [0, 0.1) is 11.7 Å². The first-order chi connectivity index (χ1) is 11.6. The highest BCUT2D eigenvalue weighted by Gasteiger charge is 2.31. The molecule has 24 heavy (non-hydrogen) atoms. The number of piperidine rings is 2. The summed E-state index contributed by atoms with van der Waals surface area (Å²) in [5.41, 5.74) is 0.603. The molecule has 2 aliphatic rings. The first kappa shape index (κ1) is 16.9. The molecule has 0 saturated carbocycles. The molecule has 0 radical (unpaired) electrons. The van der Waals surface area contributed by atoms with Crippen molar-refractivity contribution in [3.8, 4) is 0 Å². The van der Waals surface area contributed by atoms with Gasteiger partial charge in [0.25, 0.3) is 0 Å². The maximum absolute atomic E-state index is 12.9. The van der Waals surface area contributed by atoms with Crippen LogP contribution < -0.4 is 10.6 Å². The molecule has 6 heteroatoms. The van der Waals surface area contributed by atoms with Crippen LogP contribution in [0.5, 0.6) is 0 Å². The zero-order valence-electron chi connectivity index (χ0n) is 13.8. The number of carbonyl (C=O) groups is 2. The summed E-state index contributed by atoms with van der Waals surface area (Å²) >= 11 is 0. The Kier molecular flexibility index (Phi) is 5.45. The molecule has 0 bridgehead atoms. The number of likely N-dealkylation sites (tertiary alicyclic amines) is 1. The number of amides is 2. The molecule has 2 saturated heterocycles. The third-order valence-electron chi connectivity index (χ3n) is 4.90. The lowest BCUT2D eigenvalue weighted by molar-refractivity contribution is -0.137. The number of benzene rings is 1. The molecule has 1 aromatic carbocycles. The van der Waals surface area contributed by atoms with Gasteiger partial charge in [-0.1, -0.05) is 6.42 Å². The average molecular weight is 333 g/mol. The van der Waals surface area contributed by atoms with Crippen molar-refractivity contribution in [3.63, 3.8) is 0 Å². The quantitative estimate of drug-likeness (QED) is 0.891. The number of carbonyl (C=O) groups excluding carboxylic acids is 2. The van der Waals surface area contributed by atoms with Gasteiger partial charge in [-0.2, -0.15) is 0 Å². The number of halogens is 1. The van der Waals surface area contributed by atoms with Crippen LogP contribution in [0.3, 0.4) is 0 Å². The normalized spacial score (nSPS) is 22.2. The molecule has 1 aromatic rings. The first-order valence-corrected chi connectivity index (χ1v) is 8.72. The predicted octanol–water partition coefficient (Wildman–Crippen LogP) is 2.14. The Hall–Kier alpha value is -1.95. The lowest BCUT2D eigenvalue weighted by Gasteiger charge is -2.35. The molecule has 1 atom stereocenters. The minimum Gasteiger partial charge on any atom is -0.341 e. The SMILES string of the molecule is O=C(Nc1ccc(F)cc1)C1CCN(C(=O)C2CCCCN2)CC1. The van der Waals surface area contributed by atoms with E-state index >= 15 is 0 Å². The second-order valence-electron chi connectivity index (χ2n) is 6.60. The smallest absolute Gasteiger partial charge is 0.239 e. The van der Waals surface area contributed by atoms with E-state index in [1.165, 1.54) is 12.1 Å². The maximum Gasteiger partial charge on any atom is 0.239 e. The molecule has 0 aromatic heterocycles. The van der Waals surface area contributed by atoms with Crippen LogP contribution in [0.1, 0.15) is 32.1 Å². The summed E-state index contributed by atoms with van der Waals surface area (Å²) in [5, 5.41) is 6.11. The Morgan fingerprint density at radius 3 is 2.42 bits per heavy atom. The summed E-state index contributed by atoms with van der Waals surface area (Å²) < 4.78 is 12.9. The highest BCUT2D eigenvalue weighted by molar-refractivity contribution is 5.92. The molecule has 0 aliphatic carbocycles. The molecule has 130 valence electrons. The fourth-order valence-corrected chi connectivity index (χ4v) is 3.42. The van der Waals surface area contributed by atoms with Gasteiger partial charge < -0.3 is 15.5 Å². The number of hydrogen-bond donors (Lipinski definition) is 2. The van der Waals surface area contributed by atoms with Gasteiger partial charge in [0.05, 0.1) is 6.04 Å². The third-order valence-corrected chi connectivity index (χ3v) is 4.90. The van der Waals surface area contributed by atoms with E-state index in [2.05, 4.69) is 10.6 Å². The lowest BCUT2D eigenvalue weighted by atomic mass is 9.94. The van der Waals surface area contributed by atoms with Crippen LogP contribution in [-0.4, -0.2) is 42.4 Å². The summed E-state index contributed by atoms with van der Waals surface area (Å²) in [4.78, 5) is 26.7. The van der Waals surface area contributed by atoms with Crippen LogP contribution in [0.25, 0.3) is 0 Å². The van der Waals surface area contributed by atoms with Gasteiger partial charge in [0.2, 0.25) is 11.8 Å². The summed E-state index contributed by atoms with van der Waals surface area (Å²) in [6.45, 7) is 2.16. The molecule has 2 heterocycles. The third kappa shape index (κ3) is 4.12. The standard InChI is InChI=1S/C18H24FN3O2/c19-14-4-6-15(7-5-14)21-17(23)13-8-11-22(12-9-13)18(24)16-3-1-2-10-20-16/h4-7,13,16,20H,1-3,8-12H2,(H,21,23). The zero-order chi connectivity index (χ0) is 16.9. The molecule has 1 unspecified atom stereocenters. The van der Waals surface area contributed by atoms with Gasteiger partial charge in [-0.25, -0.2) is 4.39 Å². The van der Waals surface area contributed by atoms with Crippen molar-refractivity contribution in [2.24, 2.45) is 5.92 Å². The van der Waals surface area contributed by atoms with Crippen LogP contribution in [0.4, 0.5) is 10.1 Å². The highest BCUT2D eigenvalue weighted by Crippen LogP contribution is 2.21. The van der Waals surface area contributed by atoms with Gasteiger partial charge in [0, 0.05) is 24.7 Å².